The summed E-state index contributed by atoms with van der Waals surface area (Å²) < 4.78 is 26.6. The summed E-state index contributed by atoms with van der Waals surface area (Å²) in [4.78, 5) is 0. The van der Waals surface area contributed by atoms with Gasteiger partial charge in [-0.1, -0.05) is 26.7 Å². The first-order valence-electron chi connectivity index (χ1n) is 7.17. The van der Waals surface area contributed by atoms with E-state index in [9.17, 15) is 8.42 Å². The highest BCUT2D eigenvalue weighted by Crippen LogP contribution is 2.27. The molecule has 0 heterocycles. The van der Waals surface area contributed by atoms with Crippen LogP contribution in [0.5, 0.6) is 0 Å². The lowest BCUT2D eigenvalue weighted by atomic mass is 10.2. The molecule has 0 aliphatic heterocycles. The molecular formula is C13H28N2O2S. The maximum atomic E-state index is 12.4. The van der Waals surface area contributed by atoms with Crippen LogP contribution in [0.1, 0.15) is 52.4 Å². The van der Waals surface area contributed by atoms with Crippen LogP contribution in [0.4, 0.5) is 0 Å². The largest absolute Gasteiger partial charge is 0.330 e. The van der Waals surface area contributed by atoms with Gasteiger partial charge in [-0.15, -0.1) is 0 Å². The SMILES string of the molecule is CC(C)CN(C1CCCC1)S(=O)(=O)CCCCN. The first-order chi connectivity index (χ1) is 8.47. The lowest BCUT2D eigenvalue weighted by Crippen LogP contribution is -2.42. The topological polar surface area (TPSA) is 63.4 Å². The molecule has 0 aromatic rings. The molecule has 108 valence electrons. The van der Waals surface area contributed by atoms with Crippen LogP contribution in [0.15, 0.2) is 0 Å². The van der Waals surface area contributed by atoms with E-state index < -0.39 is 10.0 Å². The van der Waals surface area contributed by atoms with Gasteiger partial charge in [0.25, 0.3) is 0 Å². The zero-order valence-corrected chi connectivity index (χ0v) is 12.6. The number of nitrogens with two attached hydrogens (primary N) is 1. The van der Waals surface area contributed by atoms with Crippen LogP contribution in [0.2, 0.25) is 0 Å². The molecule has 1 rings (SSSR count). The molecule has 18 heavy (non-hydrogen) atoms. The summed E-state index contributed by atoms with van der Waals surface area (Å²) in [5.41, 5.74) is 5.43. The molecule has 4 nitrogen and oxygen atoms in total. The molecule has 0 atom stereocenters. The molecule has 0 saturated heterocycles. The Hall–Kier alpha value is -0.130. The fraction of sp³-hybridized carbons (Fsp3) is 1.00. The van der Waals surface area contributed by atoms with Gasteiger partial charge in [-0.25, -0.2) is 8.42 Å². The van der Waals surface area contributed by atoms with E-state index in [1.165, 1.54) is 0 Å². The van der Waals surface area contributed by atoms with Crippen molar-refractivity contribution in [3.8, 4) is 0 Å². The maximum Gasteiger partial charge on any atom is 0.214 e. The summed E-state index contributed by atoms with van der Waals surface area (Å²) in [5, 5.41) is 0. The average Bonchev–Trinajstić information content (AvgIpc) is 2.78. The van der Waals surface area contributed by atoms with Crippen molar-refractivity contribution in [2.75, 3.05) is 18.8 Å². The molecule has 0 bridgehead atoms. The van der Waals surface area contributed by atoms with Gasteiger partial charge in [0.05, 0.1) is 5.75 Å². The van der Waals surface area contributed by atoms with Gasteiger partial charge in [0, 0.05) is 12.6 Å². The minimum atomic E-state index is -3.10. The standard InChI is InChI=1S/C13H28N2O2S/c1-12(2)11-15(13-7-3-4-8-13)18(16,17)10-6-5-9-14/h12-13H,3-11,14H2,1-2H3. The smallest absolute Gasteiger partial charge is 0.214 e. The van der Waals surface area contributed by atoms with E-state index >= 15 is 0 Å². The van der Waals surface area contributed by atoms with Gasteiger partial charge >= 0.3 is 0 Å². The second-order valence-electron chi connectivity index (χ2n) is 5.71. The second-order valence-corrected chi connectivity index (χ2v) is 7.75. The Morgan fingerprint density at radius 2 is 1.83 bits per heavy atom. The minimum Gasteiger partial charge on any atom is -0.330 e. The fourth-order valence-electron chi connectivity index (χ4n) is 2.59. The van der Waals surface area contributed by atoms with Gasteiger partial charge in [-0.05, 0) is 38.1 Å². The Labute approximate surface area is 112 Å². The average molecular weight is 276 g/mol. The van der Waals surface area contributed by atoms with E-state index in [2.05, 4.69) is 13.8 Å². The highest BCUT2D eigenvalue weighted by Gasteiger charge is 2.31. The van der Waals surface area contributed by atoms with Crippen LogP contribution in [0.3, 0.4) is 0 Å². The Morgan fingerprint density at radius 1 is 1.22 bits per heavy atom. The molecule has 1 saturated carbocycles. The molecule has 0 aromatic carbocycles. The molecule has 0 aromatic heterocycles. The van der Waals surface area contributed by atoms with Crippen molar-refractivity contribution in [1.29, 1.82) is 0 Å². The van der Waals surface area contributed by atoms with Gasteiger partial charge in [0.15, 0.2) is 0 Å². The first-order valence-corrected chi connectivity index (χ1v) is 8.78. The summed E-state index contributed by atoms with van der Waals surface area (Å²) in [6, 6.07) is 0.246. The van der Waals surface area contributed by atoms with Gasteiger partial charge in [0.1, 0.15) is 0 Å². The van der Waals surface area contributed by atoms with Crippen molar-refractivity contribution >= 4 is 10.0 Å². The fourth-order valence-corrected chi connectivity index (χ4v) is 4.58. The highest BCUT2D eigenvalue weighted by atomic mass is 32.2. The van der Waals surface area contributed by atoms with E-state index in [-0.39, 0.29) is 11.8 Å². The van der Waals surface area contributed by atoms with Crippen LogP contribution in [-0.2, 0) is 10.0 Å². The highest BCUT2D eigenvalue weighted by molar-refractivity contribution is 7.89. The van der Waals surface area contributed by atoms with Crippen molar-refractivity contribution < 1.29 is 8.42 Å². The van der Waals surface area contributed by atoms with Crippen molar-refractivity contribution in [1.82, 2.24) is 4.31 Å². The molecule has 0 unspecified atom stereocenters. The third-order valence-corrected chi connectivity index (χ3v) is 5.46. The second kappa shape index (κ2) is 7.46. The summed E-state index contributed by atoms with van der Waals surface area (Å²) in [7, 11) is -3.10. The molecule has 1 aliphatic rings. The normalized spacial score (nSPS) is 18.1. The zero-order valence-electron chi connectivity index (χ0n) is 11.8. The molecule has 0 amide bonds. The van der Waals surface area contributed by atoms with Gasteiger partial charge in [-0.2, -0.15) is 4.31 Å². The first kappa shape index (κ1) is 15.9. The van der Waals surface area contributed by atoms with E-state index in [0.717, 1.165) is 32.1 Å². The molecule has 0 spiro atoms. The van der Waals surface area contributed by atoms with Gasteiger partial charge < -0.3 is 5.73 Å². The van der Waals surface area contributed by atoms with Crippen molar-refractivity contribution in [2.45, 2.75) is 58.4 Å². The Bertz CT molecular complexity index is 322. The summed E-state index contributed by atoms with van der Waals surface area (Å²) in [6.45, 7) is 5.40. The monoisotopic (exact) mass is 276 g/mol. The van der Waals surface area contributed by atoms with Crippen molar-refractivity contribution in [3.05, 3.63) is 0 Å². The van der Waals surface area contributed by atoms with E-state index in [1.54, 1.807) is 4.31 Å². The molecule has 0 radical (unpaired) electrons. The van der Waals surface area contributed by atoms with Crippen LogP contribution in [-0.4, -0.2) is 37.6 Å². The Kier molecular flexibility index (Phi) is 6.60. The lowest BCUT2D eigenvalue weighted by molar-refractivity contribution is 0.292. The quantitative estimate of drug-likeness (QED) is 0.689. The van der Waals surface area contributed by atoms with E-state index in [4.69, 9.17) is 5.73 Å². The van der Waals surface area contributed by atoms with Gasteiger partial charge in [-0.3, -0.25) is 0 Å². The minimum absolute atomic E-state index is 0.246. The van der Waals surface area contributed by atoms with Crippen LogP contribution in [0, 0.1) is 5.92 Å². The molecule has 1 fully saturated rings. The molecular weight excluding hydrogens is 248 g/mol. The maximum absolute atomic E-state index is 12.4. The van der Waals surface area contributed by atoms with Crippen molar-refractivity contribution in [2.24, 2.45) is 11.7 Å². The van der Waals surface area contributed by atoms with Crippen LogP contribution < -0.4 is 5.73 Å². The van der Waals surface area contributed by atoms with Crippen molar-refractivity contribution in [3.63, 3.8) is 0 Å². The zero-order chi connectivity index (χ0) is 13.6. The van der Waals surface area contributed by atoms with E-state index in [1.807, 2.05) is 0 Å². The molecule has 2 N–H and O–H groups in total. The van der Waals surface area contributed by atoms with Gasteiger partial charge in [0.2, 0.25) is 10.0 Å². The van der Waals surface area contributed by atoms with Crippen LogP contribution >= 0.6 is 0 Å². The van der Waals surface area contributed by atoms with Crippen LogP contribution in [0.25, 0.3) is 0 Å². The number of nitrogens with zero attached hydrogens (tertiary/aromatic N) is 1. The Morgan fingerprint density at radius 3 is 2.33 bits per heavy atom. The number of sulfonamides is 1. The lowest BCUT2D eigenvalue weighted by Gasteiger charge is -2.29. The number of unbranched alkanes of at least 4 members (excludes halogenated alkanes) is 1. The third kappa shape index (κ3) is 4.86. The number of hydrogen-bond acceptors (Lipinski definition) is 3. The predicted octanol–water partition coefficient (Wildman–Crippen LogP) is 1.96. The Balaban J connectivity index is 2.67. The third-order valence-electron chi connectivity index (χ3n) is 3.49. The summed E-state index contributed by atoms with van der Waals surface area (Å²) in [6.07, 6.45) is 5.86. The van der Waals surface area contributed by atoms with E-state index in [0.29, 0.717) is 25.4 Å². The summed E-state index contributed by atoms with van der Waals surface area (Å²) in [5.74, 6) is 0.642. The summed E-state index contributed by atoms with van der Waals surface area (Å²) >= 11 is 0. The number of rotatable bonds is 8. The number of hydrogen-bond donors (Lipinski definition) is 1. The molecule has 1 aliphatic carbocycles. The molecule has 5 heteroatoms. The predicted molar refractivity (Wildman–Crippen MR) is 75.9 cm³/mol.